The molecule has 1 atom stereocenters. The molecule has 0 fully saturated rings. The molecule has 1 aromatic carbocycles. The molecule has 0 aliphatic heterocycles. The second kappa shape index (κ2) is 7.61. The van der Waals surface area contributed by atoms with E-state index >= 15 is 0 Å². The maximum Gasteiger partial charge on any atom is 0.240 e. The Hall–Kier alpha value is -2.15. The molecule has 24 heavy (non-hydrogen) atoms. The van der Waals surface area contributed by atoms with E-state index in [9.17, 15) is 0 Å². The van der Waals surface area contributed by atoms with E-state index in [0.29, 0.717) is 29.8 Å². The van der Waals surface area contributed by atoms with Crippen LogP contribution in [-0.2, 0) is 6.54 Å². The molecular formula is C17H19ClN4O2. The maximum absolute atomic E-state index is 6.15. The number of nitrogens with zero attached hydrogens (tertiary/aromatic N) is 3. The van der Waals surface area contributed by atoms with Crippen molar-refractivity contribution in [2.24, 2.45) is 0 Å². The molecule has 0 aliphatic carbocycles. The van der Waals surface area contributed by atoms with E-state index in [0.717, 1.165) is 11.3 Å². The fourth-order valence-corrected chi connectivity index (χ4v) is 2.63. The van der Waals surface area contributed by atoms with Gasteiger partial charge in [0.1, 0.15) is 5.76 Å². The number of benzene rings is 1. The Labute approximate surface area is 145 Å². The number of halogens is 1. The number of aromatic nitrogens is 2. The lowest BCUT2D eigenvalue weighted by molar-refractivity contribution is 0.246. The Balaban J connectivity index is 1.60. The number of nitrogens with one attached hydrogen (secondary N) is 1. The fraction of sp³-hybridized carbons (Fsp3) is 0.294. The number of likely N-dealkylation sites (N-methyl/N-ethyl adjacent to an activating group) is 1. The Morgan fingerprint density at radius 1 is 1.21 bits per heavy atom. The second-order valence-electron chi connectivity index (χ2n) is 5.62. The monoisotopic (exact) mass is 346 g/mol. The minimum absolute atomic E-state index is 0.131. The van der Waals surface area contributed by atoms with Crippen molar-refractivity contribution in [1.29, 1.82) is 0 Å². The summed E-state index contributed by atoms with van der Waals surface area (Å²) in [6.07, 6.45) is 1.68. The average Bonchev–Trinajstić information content (AvgIpc) is 3.23. The van der Waals surface area contributed by atoms with Gasteiger partial charge in [-0.15, -0.1) is 0 Å². The first-order chi connectivity index (χ1) is 11.6. The number of furan rings is 1. The predicted molar refractivity (Wildman–Crippen MR) is 91.6 cm³/mol. The van der Waals surface area contributed by atoms with Gasteiger partial charge in [-0.25, -0.2) is 0 Å². The van der Waals surface area contributed by atoms with Gasteiger partial charge in [0.25, 0.3) is 0 Å². The van der Waals surface area contributed by atoms with Crippen molar-refractivity contribution in [3.05, 3.63) is 59.3 Å². The molecule has 0 spiro atoms. The number of hydrogen-bond acceptors (Lipinski definition) is 6. The summed E-state index contributed by atoms with van der Waals surface area (Å²) < 4.78 is 10.8. The Kier molecular flexibility index (Phi) is 5.30. The highest BCUT2D eigenvalue weighted by Crippen LogP contribution is 2.24. The summed E-state index contributed by atoms with van der Waals surface area (Å²) in [5.41, 5.74) is 0.760. The molecule has 2 aromatic heterocycles. The fourth-order valence-electron chi connectivity index (χ4n) is 2.41. The number of hydrogen-bond donors (Lipinski definition) is 1. The van der Waals surface area contributed by atoms with Gasteiger partial charge in [-0.1, -0.05) is 28.9 Å². The summed E-state index contributed by atoms with van der Waals surface area (Å²) in [6.45, 7) is 1.17. The highest BCUT2D eigenvalue weighted by Gasteiger charge is 2.17. The molecule has 7 heteroatoms. The average molecular weight is 347 g/mol. The standard InChI is InChI=1S/C17H19ClN4O2/c1-22(2)14(15-8-5-9-23-15)10-19-11-16-20-17(21-24-16)12-6-3-4-7-13(12)18/h3-9,14,19H,10-11H2,1-2H3. The van der Waals surface area contributed by atoms with Crippen LogP contribution in [0.3, 0.4) is 0 Å². The van der Waals surface area contributed by atoms with Crippen LogP contribution in [0.1, 0.15) is 17.7 Å². The normalized spacial score (nSPS) is 12.7. The highest BCUT2D eigenvalue weighted by molar-refractivity contribution is 6.33. The van der Waals surface area contributed by atoms with Gasteiger partial charge < -0.3 is 14.3 Å². The molecule has 0 amide bonds. The van der Waals surface area contributed by atoms with Crippen LogP contribution in [0.25, 0.3) is 11.4 Å². The zero-order valence-corrected chi connectivity index (χ0v) is 14.3. The molecule has 126 valence electrons. The summed E-state index contributed by atoms with van der Waals surface area (Å²) >= 11 is 6.15. The first-order valence-corrected chi connectivity index (χ1v) is 8.01. The Morgan fingerprint density at radius 2 is 2.04 bits per heavy atom. The van der Waals surface area contributed by atoms with Crippen LogP contribution in [0.2, 0.25) is 5.02 Å². The van der Waals surface area contributed by atoms with Gasteiger partial charge in [-0.05, 0) is 38.4 Å². The predicted octanol–water partition coefficient (Wildman–Crippen LogP) is 3.38. The summed E-state index contributed by atoms with van der Waals surface area (Å²) in [6, 6.07) is 11.4. The van der Waals surface area contributed by atoms with Crippen molar-refractivity contribution >= 4 is 11.6 Å². The summed E-state index contributed by atoms with van der Waals surface area (Å²) in [5.74, 6) is 1.92. The molecule has 1 unspecified atom stereocenters. The van der Waals surface area contributed by atoms with Crippen LogP contribution in [0.4, 0.5) is 0 Å². The van der Waals surface area contributed by atoms with Crippen molar-refractivity contribution in [2.45, 2.75) is 12.6 Å². The van der Waals surface area contributed by atoms with Crippen LogP contribution in [0, 0.1) is 0 Å². The quantitative estimate of drug-likeness (QED) is 0.707. The highest BCUT2D eigenvalue weighted by atomic mass is 35.5. The van der Waals surface area contributed by atoms with Gasteiger partial charge >= 0.3 is 0 Å². The third-order valence-corrected chi connectivity index (χ3v) is 4.02. The lowest BCUT2D eigenvalue weighted by Crippen LogP contribution is -2.30. The first-order valence-electron chi connectivity index (χ1n) is 7.63. The van der Waals surface area contributed by atoms with Crippen molar-refractivity contribution in [1.82, 2.24) is 20.4 Å². The molecule has 0 saturated heterocycles. The van der Waals surface area contributed by atoms with Crippen LogP contribution in [0.15, 0.2) is 51.6 Å². The van der Waals surface area contributed by atoms with Crippen LogP contribution < -0.4 is 5.32 Å². The number of rotatable bonds is 7. The van der Waals surface area contributed by atoms with E-state index in [1.54, 1.807) is 12.3 Å². The van der Waals surface area contributed by atoms with Crippen LogP contribution >= 0.6 is 11.6 Å². The van der Waals surface area contributed by atoms with E-state index in [-0.39, 0.29) is 6.04 Å². The zero-order valence-electron chi connectivity index (χ0n) is 13.6. The molecule has 0 saturated carbocycles. The van der Waals surface area contributed by atoms with E-state index in [1.807, 2.05) is 44.4 Å². The lowest BCUT2D eigenvalue weighted by atomic mass is 10.2. The van der Waals surface area contributed by atoms with E-state index in [2.05, 4.69) is 20.4 Å². The molecule has 2 heterocycles. The first kappa shape index (κ1) is 16.7. The molecule has 6 nitrogen and oxygen atoms in total. The van der Waals surface area contributed by atoms with Crippen LogP contribution in [0.5, 0.6) is 0 Å². The summed E-state index contributed by atoms with van der Waals surface area (Å²) in [5, 5.41) is 7.91. The van der Waals surface area contributed by atoms with Crippen molar-refractivity contribution in [2.75, 3.05) is 20.6 Å². The van der Waals surface area contributed by atoms with E-state index in [4.69, 9.17) is 20.5 Å². The van der Waals surface area contributed by atoms with Gasteiger partial charge in [0.15, 0.2) is 0 Å². The van der Waals surface area contributed by atoms with Gasteiger partial charge in [0, 0.05) is 12.1 Å². The molecular weight excluding hydrogens is 328 g/mol. The van der Waals surface area contributed by atoms with Crippen molar-refractivity contribution in [3.63, 3.8) is 0 Å². The van der Waals surface area contributed by atoms with E-state index in [1.165, 1.54) is 0 Å². The van der Waals surface area contributed by atoms with Crippen molar-refractivity contribution in [3.8, 4) is 11.4 Å². The molecule has 1 N–H and O–H groups in total. The minimum Gasteiger partial charge on any atom is -0.468 e. The third kappa shape index (κ3) is 3.84. The molecule has 0 radical (unpaired) electrons. The van der Waals surface area contributed by atoms with Gasteiger partial charge in [0.2, 0.25) is 11.7 Å². The minimum atomic E-state index is 0.131. The van der Waals surface area contributed by atoms with Gasteiger partial charge in [-0.3, -0.25) is 4.90 Å². The second-order valence-corrected chi connectivity index (χ2v) is 6.02. The maximum atomic E-state index is 6.15. The Bertz CT molecular complexity index is 771. The zero-order chi connectivity index (χ0) is 16.9. The molecule has 3 aromatic rings. The summed E-state index contributed by atoms with van der Waals surface area (Å²) in [4.78, 5) is 6.48. The topological polar surface area (TPSA) is 67.3 Å². The summed E-state index contributed by atoms with van der Waals surface area (Å²) in [7, 11) is 4.02. The molecule has 0 aliphatic rings. The Morgan fingerprint density at radius 3 is 2.75 bits per heavy atom. The van der Waals surface area contributed by atoms with Gasteiger partial charge in [0.05, 0.1) is 23.9 Å². The van der Waals surface area contributed by atoms with E-state index < -0.39 is 0 Å². The molecule has 3 rings (SSSR count). The van der Waals surface area contributed by atoms with Crippen molar-refractivity contribution < 1.29 is 8.94 Å². The SMILES string of the molecule is CN(C)C(CNCc1nc(-c2ccccc2Cl)no1)c1ccco1. The third-order valence-electron chi connectivity index (χ3n) is 3.69. The smallest absolute Gasteiger partial charge is 0.240 e. The largest absolute Gasteiger partial charge is 0.468 e. The van der Waals surface area contributed by atoms with Crippen LogP contribution in [-0.4, -0.2) is 35.7 Å². The molecule has 0 bridgehead atoms. The van der Waals surface area contributed by atoms with Gasteiger partial charge in [-0.2, -0.15) is 4.98 Å². The lowest BCUT2D eigenvalue weighted by Gasteiger charge is -2.22.